The van der Waals surface area contributed by atoms with Gasteiger partial charge in [-0.2, -0.15) is 0 Å². The van der Waals surface area contributed by atoms with Crippen LogP contribution in [-0.2, 0) is 0 Å². The van der Waals surface area contributed by atoms with Crippen LogP contribution in [0, 0.1) is 20.8 Å². The van der Waals surface area contributed by atoms with Crippen LogP contribution in [0.5, 0.6) is 5.88 Å². The summed E-state index contributed by atoms with van der Waals surface area (Å²) in [4.78, 5) is 35.9. The Morgan fingerprint density at radius 3 is 2.30 bits per heavy atom. The molecule has 0 saturated carbocycles. The molecule has 3 heterocycles. The van der Waals surface area contributed by atoms with Crippen LogP contribution in [-0.4, -0.2) is 56.6 Å². The van der Waals surface area contributed by atoms with Crippen molar-refractivity contribution >= 4 is 11.7 Å². The summed E-state index contributed by atoms with van der Waals surface area (Å²) in [6.45, 7) is 8.46. The highest BCUT2D eigenvalue weighted by Gasteiger charge is 2.24. The molecule has 4 rings (SSSR count). The number of nitrogens with one attached hydrogen (secondary N) is 1. The molecule has 0 bridgehead atoms. The van der Waals surface area contributed by atoms with Gasteiger partial charge in [0.2, 0.25) is 5.88 Å². The molecule has 8 heteroatoms. The molecule has 0 unspecified atom stereocenters. The van der Waals surface area contributed by atoms with Gasteiger partial charge in [0.05, 0.1) is 11.4 Å². The van der Waals surface area contributed by atoms with E-state index in [1.165, 1.54) is 4.57 Å². The molecule has 2 N–H and O–H groups in total. The number of piperazine rings is 1. The SMILES string of the molecule is Cc1cnc(N2CCN(C(=O)c3ccc(-n4c(C)c(O)[nH]c4=O)cc3)CC2)c(C)c1. The Kier molecular flexibility index (Phi) is 5.07. The lowest BCUT2D eigenvalue weighted by Gasteiger charge is -2.36. The van der Waals surface area contributed by atoms with Gasteiger partial charge in [0.25, 0.3) is 5.91 Å². The molecular weight excluding hydrogens is 382 g/mol. The van der Waals surface area contributed by atoms with E-state index in [1.807, 2.05) is 18.0 Å². The van der Waals surface area contributed by atoms with Crippen LogP contribution in [0.3, 0.4) is 0 Å². The zero-order valence-electron chi connectivity index (χ0n) is 17.3. The number of aromatic nitrogens is 3. The third-order valence-corrected chi connectivity index (χ3v) is 5.53. The molecule has 1 saturated heterocycles. The Labute approximate surface area is 174 Å². The average Bonchev–Trinajstić information content (AvgIpc) is 2.99. The molecule has 0 atom stereocenters. The van der Waals surface area contributed by atoms with E-state index in [0.717, 1.165) is 30.0 Å². The Morgan fingerprint density at radius 1 is 1.07 bits per heavy atom. The first-order chi connectivity index (χ1) is 14.3. The zero-order valence-corrected chi connectivity index (χ0v) is 17.3. The third-order valence-electron chi connectivity index (χ3n) is 5.53. The molecule has 2 aromatic heterocycles. The average molecular weight is 407 g/mol. The Balaban J connectivity index is 1.45. The molecule has 156 valence electrons. The number of carbonyl (C=O) groups is 1. The van der Waals surface area contributed by atoms with Crippen LogP contribution in [0.4, 0.5) is 5.82 Å². The number of carbonyl (C=O) groups excluding carboxylic acids is 1. The number of anilines is 1. The zero-order chi connectivity index (χ0) is 21.4. The van der Waals surface area contributed by atoms with Gasteiger partial charge in [-0.05, 0) is 56.2 Å². The molecule has 0 spiro atoms. The predicted molar refractivity (Wildman–Crippen MR) is 115 cm³/mol. The van der Waals surface area contributed by atoms with Gasteiger partial charge in [-0.25, -0.2) is 9.78 Å². The van der Waals surface area contributed by atoms with E-state index in [4.69, 9.17) is 0 Å². The second-order valence-electron chi connectivity index (χ2n) is 7.68. The van der Waals surface area contributed by atoms with Gasteiger partial charge in [0, 0.05) is 37.9 Å². The number of aryl methyl sites for hydroxylation is 2. The summed E-state index contributed by atoms with van der Waals surface area (Å²) in [7, 11) is 0. The minimum absolute atomic E-state index is 0.0317. The fraction of sp³-hybridized carbons (Fsp3) is 0.318. The maximum absolute atomic E-state index is 12.9. The summed E-state index contributed by atoms with van der Waals surface area (Å²) < 4.78 is 1.37. The number of nitrogens with zero attached hydrogens (tertiary/aromatic N) is 4. The van der Waals surface area contributed by atoms with E-state index in [-0.39, 0.29) is 11.8 Å². The number of imidazole rings is 1. The van der Waals surface area contributed by atoms with Gasteiger partial charge >= 0.3 is 5.69 Å². The second kappa shape index (κ2) is 7.70. The topological polar surface area (TPSA) is 94.5 Å². The number of hydrogen-bond donors (Lipinski definition) is 2. The molecule has 0 radical (unpaired) electrons. The van der Waals surface area contributed by atoms with E-state index < -0.39 is 5.69 Å². The molecular formula is C22H25N5O3. The number of aromatic hydroxyl groups is 1. The lowest BCUT2D eigenvalue weighted by atomic mass is 10.1. The summed E-state index contributed by atoms with van der Waals surface area (Å²) in [6, 6.07) is 8.98. The number of pyridine rings is 1. The number of hydrogen-bond acceptors (Lipinski definition) is 5. The molecule has 8 nitrogen and oxygen atoms in total. The van der Waals surface area contributed by atoms with E-state index >= 15 is 0 Å². The molecule has 1 amide bonds. The van der Waals surface area contributed by atoms with Gasteiger partial charge in [0.1, 0.15) is 5.82 Å². The van der Waals surface area contributed by atoms with Crippen LogP contribution < -0.4 is 10.6 Å². The van der Waals surface area contributed by atoms with Crippen molar-refractivity contribution in [3.05, 3.63) is 69.4 Å². The van der Waals surface area contributed by atoms with Crippen LogP contribution in [0.25, 0.3) is 5.69 Å². The fourth-order valence-electron chi connectivity index (χ4n) is 3.91. The van der Waals surface area contributed by atoms with Gasteiger partial charge in [-0.1, -0.05) is 6.07 Å². The summed E-state index contributed by atoms with van der Waals surface area (Å²) >= 11 is 0. The Bertz CT molecular complexity index is 1140. The molecule has 1 fully saturated rings. The number of H-pyrrole nitrogens is 1. The molecule has 1 aliphatic rings. The van der Waals surface area contributed by atoms with Crippen molar-refractivity contribution in [2.24, 2.45) is 0 Å². The third kappa shape index (κ3) is 3.56. The van der Waals surface area contributed by atoms with E-state index in [0.29, 0.717) is 30.0 Å². The summed E-state index contributed by atoms with van der Waals surface area (Å²) in [5, 5.41) is 9.68. The number of aromatic amines is 1. The Morgan fingerprint density at radius 2 is 1.73 bits per heavy atom. The first kappa shape index (κ1) is 19.8. The normalized spacial score (nSPS) is 14.2. The van der Waals surface area contributed by atoms with Crippen LogP contribution in [0.15, 0.2) is 41.3 Å². The van der Waals surface area contributed by atoms with Crippen molar-refractivity contribution in [2.45, 2.75) is 20.8 Å². The van der Waals surface area contributed by atoms with E-state index in [9.17, 15) is 14.7 Å². The summed E-state index contributed by atoms with van der Waals surface area (Å²) in [6.07, 6.45) is 1.87. The second-order valence-corrected chi connectivity index (χ2v) is 7.68. The Hall–Kier alpha value is -3.55. The fourth-order valence-corrected chi connectivity index (χ4v) is 3.91. The largest absolute Gasteiger partial charge is 0.493 e. The van der Waals surface area contributed by atoms with Crippen molar-refractivity contribution in [1.29, 1.82) is 0 Å². The van der Waals surface area contributed by atoms with Crippen LogP contribution in [0.1, 0.15) is 27.2 Å². The highest BCUT2D eigenvalue weighted by molar-refractivity contribution is 5.94. The maximum atomic E-state index is 12.9. The van der Waals surface area contributed by atoms with Crippen molar-refractivity contribution in [3.8, 4) is 11.6 Å². The summed E-state index contributed by atoms with van der Waals surface area (Å²) in [5.41, 5.74) is 3.46. The minimum Gasteiger partial charge on any atom is -0.493 e. The minimum atomic E-state index is -0.416. The molecule has 1 aliphatic heterocycles. The lowest BCUT2D eigenvalue weighted by molar-refractivity contribution is 0.0746. The lowest BCUT2D eigenvalue weighted by Crippen LogP contribution is -2.49. The standard InChI is InChI=1S/C22H25N5O3/c1-14-12-15(2)19(23-13-14)25-8-10-26(11-9-25)21(29)17-4-6-18(7-5-17)27-16(3)20(28)24-22(27)30/h4-7,12-13,28H,8-11H2,1-3H3,(H,24,30). The first-order valence-corrected chi connectivity index (χ1v) is 9.93. The molecule has 0 aliphatic carbocycles. The molecule has 3 aromatic rings. The van der Waals surface area contributed by atoms with Crippen molar-refractivity contribution < 1.29 is 9.90 Å². The molecule has 30 heavy (non-hydrogen) atoms. The van der Waals surface area contributed by atoms with Crippen LogP contribution in [0.2, 0.25) is 0 Å². The first-order valence-electron chi connectivity index (χ1n) is 9.93. The highest BCUT2D eigenvalue weighted by Crippen LogP contribution is 2.21. The monoisotopic (exact) mass is 407 g/mol. The summed E-state index contributed by atoms with van der Waals surface area (Å²) in [5.74, 6) is 0.791. The molecule has 1 aromatic carbocycles. The number of benzene rings is 1. The van der Waals surface area contributed by atoms with E-state index in [2.05, 4.69) is 27.9 Å². The van der Waals surface area contributed by atoms with Gasteiger partial charge in [-0.3, -0.25) is 14.3 Å². The highest BCUT2D eigenvalue weighted by atomic mass is 16.3. The number of amides is 1. The van der Waals surface area contributed by atoms with E-state index in [1.54, 1.807) is 31.2 Å². The predicted octanol–water partition coefficient (Wildman–Crippen LogP) is 2.15. The van der Waals surface area contributed by atoms with Crippen LogP contribution >= 0.6 is 0 Å². The number of rotatable bonds is 3. The maximum Gasteiger partial charge on any atom is 0.333 e. The van der Waals surface area contributed by atoms with Gasteiger partial charge in [0.15, 0.2) is 0 Å². The van der Waals surface area contributed by atoms with Crippen molar-refractivity contribution in [3.63, 3.8) is 0 Å². The quantitative estimate of drug-likeness (QED) is 0.694. The van der Waals surface area contributed by atoms with Crippen molar-refractivity contribution in [2.75, 3.05) is 31.1 Å². The smallest absolute Gasteiger partial charge is 0.333 e. The van der Waals surface area contributed by atoms with Crippen molar-refractivity contribution in [1.82, 2.24) is 19.4 Å². The van der Waals surface area contributed by atoms with Gasteiger partial charge < -0.3 is 14.9 Å². The van der Waals surface area contributed by atoms with Gasteiger partial charge in [-0.15, -0.1) is 0 Å².